The number of nitrogens with zero attached hydrogens (tertiary/aromatic N) is 2. The molecule has 20 heavy (non-hydrogen) atoms. The summed E-state index contributed by atoms with van der Waals surface area (Å²) in [5.41, 5.74) is 6.31. The van der Waals surface area contributed by atoms with Gasteiger partial charge in [0, 0.05) is 25.7 Å². The molecule has 0 radical (unpaired) electrons. The molecule has 114 valence electrons. The monoisotopic (exact) mass is 279 g/mol. The summed E-state index contributed by atoms with van der Waals surface area (Å²) in [6, 6.07) is 0.138. The molecule has 0 aromatic heterocycles. The first kappa shape index (κ1) is 14.3. The molecule has 1 saturated heterocycles. The average Bonchev–Trinajstić information content (AvgIpc) is 3.13. The van der Waals surface area contributed by atoms with Gasteiger partial charge in [-0.25, -0.2) is 0 Å². The summed E-state index contributed by atoms with van der Waals surface area (Å²) in [6.07, 6.45) is 4.84. The van der Waals surface area contributed by atoms with Crippen LogP contribution in [0.3, 0.4) is 0 Å². The molecular formula is C16H29N3O. The molecule has 2 saturated carbocycles. The maximum absolute atomic E-state index is 12.8. The maximum atomic E-state index is 12.8. The minimum atomic E-state index is 0.136. The van der Waals surface area contributed by atoms with Gasteiger partial charge in [0.25, 0.3) is 0 Å². The van der Waals surface area contributed by atoms with Gasteiger partial charge < -0.3 is 15.5 Å². The van der Waals surface area contributed by atoms with E-state index in [9.17, 15) is 4.79 Å². The molecule has 0 aromatic rings. The summed E-state index contributed by atoms with van der Waals surface area (Å²) in [5.74, 6) is 2.36. The van der Waals surface area contributed by atoms with Crippen molar-refractivity contribution in [3.63, 3.8) is 0 Å². The molecule has 3 aliphatic rings. The molecule has 4 heteroatoms. The van der Waals surface area contributed by atoms with E-state index in [0.717, 1.165) is 32.6 Å². The van der Waals surface area contributed by atoms with Crippen LogP contribution in [0.25, 0.3) is 0 Å². The Kier molecular flexibility index (Phi) is 4.04. The summed E-state index contributed by atoms with van der Waals surface area (Å²) < 4.78 is 0. The van der Waals surface area contributed by atoms with E-state index in [2.05, 4.69) is 23.8 Å². The highest BCUT2D eigenvalue weighted by Gasteiger charge is 2.50. The van der Waals surface area contributed by atoms with Crippen molar-refractivity contribution in [3.05, 3.63) is 0 Å². The minimum Gasteiger partial charge on any atom is -0.342 e. The molecule has 1 heterocycles. The maximum Gasteiger partial charge on any atom is 0.227 e. The lowest BCUT2D eigenvalue weighted by Crippen LogP contribution is -2.46. The number of hydrogen-bond acceptors (Lipinski definition) is 3. The first-order valence-corrected chi connectivity index (χ1v) is 8.33. The van der Waals surface area contributed by atoms with Crippen molar-refractivity contribution in [2.75, 3.05) is 33.2 Å². The zero-order valence-corrected chi connectivity index (χ0v) is 12.9. The SMILES string of the molecule is CCN(C)CC1CCN(C(=O)C2C3CCC(C3)C2N)C1. The van der Waals surface area contributed by atoms with E-state index in [1.54, 1.807) is 0 Å². The van der Waals surface area contributed by atoms with E-state index >= 15 is 0 Å². The topological polar surface area (TPSA) is 49.6 Å². The largest absolute Gasteiger partial charge is 0.342 e. The van der Waals surface area contributed by atoms with E-state index in [-0.39, 0.29) is 12.0 Å². The number of hydrogen-bond donors (Lipinski definition) is 1. The molecule has 5 unspecified atom stereocenters. The quantitative estimate of drug-likeness (QED) is 0.840. The van der Waals surface area contributed by atoms with Crippen molar-refractivity contribution < 1.29 is 4.79 Å². The van der Waals surface area contributed by atoms with Crippen LogP contribution in [-0.2, 0) is 4.79 Å². The van der Waals surface area contributed by atoms with Crippen molar-refractivity contribution in [1.82, 2.24) is 9.80 Å². The van der Waals surface area contributed by atoms with Gasteiger partial charge in [-0.3, -0.25) is 4.79 Å². The molecule has 1 aliphatic heterocycles. The number of carbonyl (C=O) groups is 1. The molecular weight excluding hydrogens is 250 g/mol. The van der Waals surface area contributed by atoms with E-state index in [1.165, 1.54) is 19.3 Å². The van der Waals surface area contributed by atoms with E-state index in [0.29, 0.717) is 23.7 Å². The third kappa shape index (κ3) is 2.48. The zero-order chi connectivity index (χ0) is 14.3. The van der Waals surface area contributed by atoms with Crippen LogP contribution < -0.4 is 5.73 Å². The first-order valence-electron chi connectivity index (χ1n) is 8.33. The summed E-state index contributed by atoms with van der Waals surface area (Å²) in [6.45, 7) is 6.28. The van der Waals surface area contributed by atoms with Crippen LogP contribution in [0, 0.1) is 23.7 Å². The Bertz CT molecular complexity index is 371. The van der Waals surface area contributed by atoms with Gasteiger partial charge in [0.1, 0.15) is 0 Å². The zero-order valence-electron chi connectivity index (χ0n) is 12.9. The number of rotatable bonds is 4. The van der Waals surface area contributed by atoms with Crippen LogP contribution in [0.4, 0.5) is 0 Å². The number of nitrogens with two attached hydrogens (primary N) is 1. The fraction of sp³-hybridized carbons (Fsp3) is 0.938. The predicted molar refractivity (Wildman–Crippen MR) is 80.2 cm³/mol. The summed E-state index contributed by atoms with van der Waals surface area (Å²) in [7, 11) is 2.16. The molecule has 4 nitrogen and oxygen atoms in total. The van der Waals surface area contributed by atoms with Gasteiger partial charge >= 0.3 is 0 Å². The van der Waals surface area contributed by atoms with Crippen LogP contribution in [0.1, 0.15) is 32.6 Å². The number of fused-ring (bicyclic) bond motifs is 2. The Labute approximate surface area is 122 Å². The predicted octanol–water partition coefficient (Wildman–Crippen LogP) is 1.16. The second kappa shape index (κ2) is 5.64. The van der Waals surface area contributed by atoms with Gasteiger partial charge in [-0.1, -0.05) is 6.92 Å². The molecule has 1 amide bonds. The molecule has 2 N–H and O–H groups in total. The first-order chi connectivity index (χ1) is 9.60. The van der Waals surface area contributed by atoms with Crippen LogP contribution in [0.5, 0.6) is 0 Å². The van der Waals surface area contributed by atoms with Crippen LogP contribution in [0.15, 0.2) is 0 Å². The molecule has 3 rings (SSSR count). The average molecular weight is 279 g/mol. The lowest BCUT2D eigenvalue weighted by atomic mass is 9.84. The Morgan fingerprint density at radius 2 is 2.05 bits per heavy atom. The lowest BCUT2D eigenvalue weighted by Gasteiger charge is -2.31. The van der Waals surface area contributed by atoms with Gasteiger partial charge in [0.05, 0.1) is 5.92 Å². The van der Waals surface area contributed by atoms with Gasteiger partial charge in [-0.05, 0) is 57.0 Å². The Balaban J connectivity index is 1.56. The minimum absolute atomic E-state index is 0.136. The van der Waals surface area contributed by atoms with Crippen molar-refractivity contribution in [1.29, 1.82) is 0 Å². The van der Waals surface area contributed by atoms with Crippen molar-refractivity contribution in [2.45, 2.75) is 38.6 Å². The Hall–Kier alpha value is -0.610. The van der Waals surface area contributed by atoms with Gasteiger partial charge in [-0.15, -0.1) is 0 Å². The molecule has 3 fully saturated rings. The summed E-state index contributed by atoms with van der Waals surface area (Å²) >= 11 is 0. The second-order valence-corrected chi connectivity index (χ2v) is 7.23. The Morgan fingerprint density at radius 3 is 2.70 bits per heavy atom. The summed E-state index contributed by atoms with van der Waals surface area (Å²) in [4.78, 5) is 17.2. The molecule has 0 spiro atoms. The second-order valence-electron chi connectivity index (χ2n) is 7.23. The highest BCUT2D eigenvalue weighted by atomic mass is 16.2. The van der Waals surface area contributed by atoms with Crippen LogP contribution >= 0.6 is 0 Å². The highest BCUT2D eigenvalue weighted by molar-refractivity contribution is 5.81. The standard InChI is InChI=1S/C16H29N3O/c1-3-18(2)9-11-6-7-19(10-11)16(20)14-12-4-5-13(8-12)15(14)17/h11-15H,3-10,17H2,1-2H3. The molecule has 5 atom stereocenters. The normalized spacial score (nSPS) is 40.0. The molecule has 2 aliphatic carbocycles. The van der Waals surface area contributed by atoms with Crippen molar-refractivity contribution >= 4 is 5.91 Å². The van der Waals surface area contributed by atoms with E-state index < -0.39 is 0 Å². The Morgan fingerprint density at radius 1 is 1.30 bits per heavy atom. The smallest absolute Gasteiger partial charge is 0.227 e. The molecule has 0 aromatic carbocycles. The fourth-order valence-corrected chi connectivity index (χ4v) is 4.66. The highest BCUT2D eigenvalue weighted by Crippen LogP contribution is 2.48. The van der Waals surface area contributed by atoms with Gasteiger partial charge in [-0.2, -0.15) is 0 Å². The van der Waals surface area contributed by atoms with E-state index in [4.69, 9.17) is 5.73 Å². The summed E-state index contributed by atoms with van der Waals surface area (Å²) in [5, 5.41) is 0. The third-order valence-corrected chi connectivity index (χ3v) is 5.97. The van der Waals surface area contributed by atoms with Gasteiger partial charge in [0.15, 0.2) is 0 Å². The number of likely N-dealkylation sites (tertiary alicyclic amines) is 1. The van der Waals surface area contributed by atoms with Crippen LogP contribution in [-0.4, -0.2) is 55.0 Å². The van der Waals surface area contributed by atoms with E-state index in [1.807, 2.05) is 0 Å². The van der Waals surface area contributed by atoms with Crippen molar-refractivity contribution in [2.24, 2.45) is 29.4 Å². The fourth-order valence-electron chi connectivity index (χ4n) is 4.66. The van der Waals surface area contributed by atoms with Gasteiger partial charge in [0.2, 0.25) is 5.91 Å². The number of carbonyl (C=O) groups excluding carboxylic acids is 1. The lowest BCUT2D eigenvalue weighted by molar-refractivity contribution is -0.136. The third-order valence-electron chi connectivity index (χ3n) is 5.97. The number of amides is 1. The van der Waals surface area contributed by atoms with Crippen molar-refractivity contribution in [3.8, 4) is 0 Å². The molecule has 2 bridgehead atoms. The van der Waals surface area contributed by atoms with Crippen LogP contribution in [0.2, 0.25) is 0 Å².